The van der Waals surface area contributed by atoms with Gasteiger partial charge in [0.05, 0.1) is 13.1 Å². The zero-order valence-corrected chi connectivity index (χ0v) is 11.5. The lowest BCUT2D eigenvalue weighted by molar-refractivity contribution is -0.158. The molecule has 0 bridgehead atoms. The van der Waals surface area contributed by atoms with Gasteiger partial charge in [0.1, 0.15) is 25.6 Å². The number of hydrogen-bond acceptors (Lipinski definition) is 5. The van der Waals surface area contributed by atoms with E-state index in [9.17, 15) is 9.59 Å². The zero-order valence-electron chi connectivity index (χ0n) is 11.5. The quantitative estimate of drug-likeness (QED) is 0.611. The fourth-order valence-electron chi connectivity index (χ4n) is 1.84. The smallest absolute Gasteiger partial charge is 0.255 e. The lowest BCUT2D eigenvalue weighted by atomic mass is 10.2. The molecule has 21 heavy (non-hydrogen) atoms. The third-order valence-electron chi connectivity index (χ3n) is 2.81. The topological polar surface area (TPSA) is 81.9 Å². The lowest BCUT2D eigenvalue weighted by Gasteiger charge is -2.24. The number of hydrogen-bond donors (Lipinski definition) is 1. The second-order valence-corrected chi connectivity index (χ2v) is 4.31. The monoisotopic (exact) mass is 288 g/mol. The number of amides is 2. The molecule has 1 fully saturated rings. The summed E-state index contributed by atoms with van der Waals surface area (Å²) in [5.41, 5.74) is 6.12. The molecule has 0 radical (unpaired) electrons. The van der Waals surface area contributed by atoms with E-state index in [0.717, 1.165) is 10.5 Å². The van der Waals surface area contributed by atoms with Gasteiger partial charge in [-0.25, -0.2) is 0 Å². The van der Waals surface area contributed by atoms with Crippen LogP contribution in [0.4, 0.5) is 0 Å². The molecular weight excluding hydrogens is 272 g/mol. The molecule has 1 aliphatic heterocycles. The van der Waals surface area contributed by atoms with Crippen LogP contribution in [-0.2, 0) is 14.3 Å². The second-order valence-electron chi connectivity index (χ2n) is 4.31. The van der Waals surface area contributed by atoms with E-state index in [1.165, 1.54) is 0 Å². The van der Waals surface area contributed by atoms with Crippen LogP contribution in [0.2, 0.25) is 0 Å². The summed E-state index contributed by atoms with van der Waals surface area (Å²) in [5.74, 6) is 5.63. The van der Waals surface area contributed by atoms with Crippen molar-refractivity contribution in [2.45, 2.75) is 0 Å². The Bertz CT molecular complexity index is 573. The molecule has 0 atom stereocenters. The zero-order chi connectivity index (χ0) is 15.1. The minimum Gasteiger partial charge on any atom is -0.492 e. The van der Waals surface area contributed by atoms with Crippen molar-refractivity contribution in [2.75, 3.05) is 32.9 Å². The molecule has 2 N–H and O–H groups in total. The van der Waals surface area contributed by atoms with Gasteiger partial charge < -0.3 is 15.2 Å². The minimum absolute atomic E-state index is 0.0596. The maximum atomic E-state index is 11.5. The highest BCUT2D eigenvalue weighted by molar-refractivity contribution is 5.98. The summed E-state index contributed by atoms with van der Waals surface area (Å²) in [6.45, 7) is 0.614. The summed E-state index contributed by atoms with van der Waals surface area (Å²) >= 11 is 0. The van der Waals surface area contributed by atoms with Crippen LogP contribution >= 0.6 is 0 Å². The van der Waals surface area contributed by atoms with Crippen LogP contribution in [0.5, 0.6) is 5.75 Å². The van der Waals surface area contributed by atoms with E-state index in [-0.39, 0.29) is 38.2 Å². The number of imide groups is 1. The Kier molecular flexibility index (Phi) is 5.32. The number of carbonyl (C=O) groups is 2. The molecule has 110 valence electrons. The molecule has 0 spiro atoms. The molecule has 1 aromatic carbocycles. The molecule has 1 heterocycles. The van der Waals surface area contributed by atoms with Crippen LogP contribution in [0.1, 0.15) is 5.56 Å². The number of nitrogens with zero attached hydrogens (tertiary/aromatic N) is 1. The number of ether oxygens (including phenoxy) is 2. The fraction of sp³-hybridized carbons (Fsp3) is 0.333. The van der Waals surface area contributed by atoms with E-state index < -0.39 is 0 Å². The molecule has 0 aromatic heterocycles. The molecule has 1 saturated heterocycles. The van der Waals surface area contributed by atoms with Gasteiger partial charge in [0.25, 0.3) is 11.8 Å². The van der Waals surface area contributed by atoms with Crippen molar-refractivity contribution in [3.63, 3.8) is 0 Å². The summed E-state index contributed by atoms with van der Waals surface area (Å²) in [6, 6.07) is 7.24. The third kappa shape index (κ3) is 4.31. The average molecular weight is 288 g/mol. The highest BCUT2D eigenvalue weighted by Gasteiger charge is 2.26. The Hall–Kier alpha value is -2.36. The van der Waals surface area contributed by atoms with E-state index in [2.05, 4.69) is 11.8 Å². The molecule has 2 rings (SSSR count). The van der Waals surface area contributed by atoms with Gasteiger partial charge in [-0.05, 0) is 18.2 Å². The first-order valence-electron chi connectivity index (χ1n) is 6.53. The first kappa shape index (κ1) is 15.0. The maximum Gasteiger partial charge on any atom is 0.255 e. The number of morpholine rings is 1. The van der Waals surface area contributed by atoms with Crippen molar-refractivity contribution in [3.8, 4) is 17.6 Å². The maximum absolute atomic E-state index is 11.5. The fourth-order valence-corrected chi connectivity index (χ4v) is 1.84. The van der Waals surface area contributed by atoms with Gasteiger partial charge in [-0.1, -0.05) is 17.9 Å². The van der Waals surface area contributed by atoms with Crippen LogP contribution in [-0.4, -0.2) is 49.6 Å². The average Bonchev–Trinajstić information content (AvgIpc) is 2.49. The highest BCUT2D eigenvalue weighted by atomic mass is 16.5. The van der Waals surface area contributed by atoms with Crippen molar-refractivity contribution in [2.24, 2.45) is 5.73 Å². The standard InChI is InChI=1S/C15H16N2O4/c16-6-2-4-12-3-1-5-13(9-12)21-8-7-17-14(18)10-20-11-15(17)19/h1,3,5,9H,6-8,10-11,16H2. The van der Waals surface area contributed by atoms with E-state index in [4.69, 9.17) is 15.2 Å². The number of carbonyl (C=O) groups excluding carboxylic acids is 2. The Morgan fingerprint density at radius 2 is 2.05 bits per heavy atom. The van der Waals surface area contributed by atoms with Gasteiger partial charge in [0, 0.05) is 5.56 Å². The third-order valence-corrected chi connectivity index (χ3v) is 2.81. The first-order valence-corrected chi connectivity index (χ1v) is 6.53. The number of benzene rings is 1. The first-order chi connectivity index (χ1) is 10.2. The SMILES string of the molecule is NCC#Cc1cccc(OCCN2C(=O)COCC2=O)c1. The van der Waals surface area contributed by atoms with E-state index in [1.807, 2.05) is 12.1 Å². The predicted octanol–water partition coefficient (Wildman–Crippen LogP) is -0.239. The van der Waals surface area contributed by atoms with Crippen molar-refractivity contribution < 1.29 is 19.1 Å². The van der Waals surface area contributed by atoms with Crippen molar-refractivity contribution in [1.82, 2.24) is 4.90 Å². The Morgan fingerprint density at radius 3 is 2.76 bits per heavy atom. The Labute approximate surface area is 122 Å². The Balaban J connectivity index is 1.88. The van der Waals surface area contributed by atoms with Crippen molar-refractivity contribution in [1.29, 1.82) is 0 Å². The number of rotatable bonds is 4. The molecule has 6 heteroatoms. The van der Waals surface area contributed by atoms with Crippen molar-refractivity contribution in [3.05, 3.63) is 29.8 Å². The molecule has 2 amide bonds. The summed E-state index contributed by atoms with van der Waals surface area (Å²) in [6.07, 6.45) is 0. The normalized spacial score (nSPS) is 14.6. The van der Waals surface area contributed by atoms with Gasteiger partial charge in [0.15, 0.2) is 0 Å². The van der Waals surface area contributed by atoms with Gasteiger partial charge in [-0.15, -0.1) is 0 Å². The molecule has 0 saturated carbocycles. The predicted molar refractivity (Wildman–Crippen MR) is 75.4 cm³/mol. The summed E-state index contributed by atoms with van der Waals surface area (Å²) in [7, 11) is 0. The summed E-state index contributed by atoms with van der Waals surface area (Å²) in [4.78, 5) is 24.2. The van der Waals surface area contributed by atoms with Crippen LogP contribution < -0.4 is 10.5 Å². The van der Waals surface area contributed by atoms with Crippen LogP contribution in [0.25, 0.3) is 0 Å². The van der Waals surface area contributed by atoms with Gasteiger partial charge in [0.2, 0.25) is 0 Å². The highest BCUT2D eigenvalue weighted by Crippen LogP contribution is 2.12. The van der Waals surface area contributed by atoms with Gasteiger partial charge >= 0.3 is 0 Å². The molecule has 0 unspecified atom stereocenters. The second kappa shape index (κ2) is 7.43. The minimum atomic E-state index is -0.336. The number of nitrogens with two attached hydrogens (primary N) is 1. The molecule has 6 nitrogen and oxygen atoms in total. The summed E-state index contributed by atoms with van der Waals surface area (Å²) in [5, 5.41) is 0. The van der Waals surface area contributed by atoms with Crippen LogP contribution in [0.15, 0.2) is 24.3 Å². The Morgan fingerprint density at radius 1 is 1.29 bits per heavy atom. The molecule has 0 aliphatic carbocycles. The van der Waals surface area contributed by atoms with E-state index >= 15 is 0 Å². The largest absolute Gasteiger partial charge is 0.492 e. The van der Waals surface area contributed by atoms with Crippen molar-refractivity contribution >= 4 is 11.8 Å². The lowest BCUT2D eigenvalue weighted by Crippen LogP contribution is -2.47. The van der Waals surface area contributed by atoms with E-state index in [1.54, 1.807) is 12.1 Å². The summed E-state index contributed by atoms with van der Waals surface area (Å²) < 4.78 is 10.4. The van der Waals surface area contributed by atoms with Crippen LogP contribution in [0.3, 0.4) is 0 Å². The van der Waals surface area contributed by atoms with Gasteiger partial charge in [-0.3, -0.25) is 14.5 Å². The van der Waals surface area contributed by atoms with Gasteiger partial charge in [-0.2, -0.15) is 0 Å². The molecule has 1 aliphatic rings. The van der Waals surface area contributed by atoms with Crippen LogP contribution in [0, 0.1) is 11.8 Å². The van der Waals surface area contributed by atoms with E-state index in [0.29, 0.717) is 12.3 Å². The molecular formula is C15H16N2O4. The molecule has 1 aromatic rings.